The highest BCUT2D eigenvalue weighted by Crippen LogP contribution is 2.37. The SMILES string of the molecule is CC(C)(C)[Si](C)(C)OC[C@H]1C(C(=O)CCl)=CCN1C(=O)O. The number of nitrogens with zero attached hydrogens (tertiary/aromatic N) is 1. The van der Waals surface area contributed by atoms with Crippen LogP contribution in [0.3, 0.4) is 0 Å². The van der Waals surface area contributed by atoms with E-state index in [1.807, 2.05) is 0 Å². The lowest BCUT2D eigenvalue weighted by Crippen LogP contribution is -2.47. The van der Waals surface area contributed by atoms with Crippen LogP contribution in [0.1, 0.15) is 20.8 Å². The van der Waals surface area contributed by atoms with E-state index in [1.165, 1.54) is 4.90 Å². The van der Waals surface area contributed by atoms with Crippen molar-refractivity contribution in [3.05, 3.63) is 11.6 Å². The van der Waals surface area contributed by atoms with Crippen molar-refractivity contribution in [2.45, 2.75) is 44.9 Å². The number of carboxylic acid groups (broad SMARTS) is 1. The van der Waals surface area contributed by atoms with Gasteiger partial charge >= 0.3 is 6.09 Å². The Bertz CT molecular complexity index is 456. The second kappa shape index (κ2) is 6.50. The molecular weight excluding hydrogens is 310 g/mol. The monoisotopic (exact) mass is 333 g/mol. The zero-order chi connectivity index (χ0) is 16.4. The molecule has 1 N–H and O–H groups in total. The summed E-state index contributed by atoms with van der Waals surface area (Å²) in [6.07, 6.45) is 0.589. The summed E-state index contributed by atoms with van der Waals surface area (Å²) in [5.41, 5.74) is 0.450. The van der Waals surface area contributed by atoms with E-state index in [4.69, 9.17) is 16.0 Å². The summed E-state index contributed by atoms with van der Waals surface area (Å²) in [4.78, 5) is 24.4. The Morgan fingerprint density at radius 1 is 1.48 bits per heavy atom. The molecule has 1 rings (SSSR count). The van der Waals surface area contributed by atoms with Gasteiger partial charge in [0.15, 0.2) is 14.1 Å². The van der Waals surface area contributed by atoms with E-state index in [0.717, 1.165) is 0 Å². The maximum Gasteiger partial charge on any atom is 0.408 e. The molecule has 21 heavy (non-hydrogen) atoms. The van der Waals surface area contributed by atoms with Gasteiger partial charge in [0.1, 0.15) is 0 Å². The van der Waals surface area contributed by atoms with E-state index < -0.39 is 20.5 Å². The molecule has 0 aromatic rings. The van der Waals surface area contributed by atoms with Gasteiger partial charge in [-0.2, -0.15) is 0 Å². The molecule has 0 aromatic carbocycles. The van der Waals surface area contributed by atoms with Crippen molar-refractivity contribution in [3.8, 4) is 0 Å². The van der Waals surface area contributed by atoms with Crippen molar-refractivity contribution in [2.75, 3.05) is 19.0 Å². The molecule has 1 aliphatic rings. The van der Waals surface area contributed by atoms with Gasteiger partial charge in [0.05, 0.1) is 18.5 Å². The minimum Gasteiger partial charge on any atom is -0.465 e. The maximum atomic E-state index is 11.9. The largest absolute Gasteiger partial charge is 0.465 e. The van der Waals surface area contributed by atoms with Crippen LogP contribution in [-0.4, -0.2) is 55.3 Å². The average Bonchev–Trinajstić information content (AvgIpc) is 2.78. The fourth-order valence-electron chi connectivity index (χ4n) is 1.90. The van der Waals surface area contributed by atoms with Crippen LogP contribution in [0.2, 0.25) is 18.1 Å². The first kappa shape index (κ1) is 18.2. The minimum atomic E-state index is -2.00. The van der Waals surface area contributed by atoms with Gasteiger partial charge in [-0.25, -0.2) is 4.79 Å². The molecule has 0 bridgehead atoms. The van der Waals surface area contributed by atoms with E-state index in [1.54, 1.807) is 6.08 Å². The van der Waals surface area contributed by atoms with Gasteiger partial charge in [-0.1, -0.05) is 26.8 Å². The molecule has 0 aliphatic carbocycles. The number of carbonyl (C=O) groups is 2. The first-order chi connectivity index (χ1) is 9.51. The number of carbonyl (C=O) groups excluding carboxylic acids is 1. The van der Waals surface area contributed by atoms with E-state index in [9.17, 15) is 14.7 Å². The van der Waals surface area contributed by atoms with E-state index in [2.05, 4.69) is 33.9 Å². The molecule has 0 saturated heterocycles. The molecule has 7 heteroatoms. The quantitative estimate of drug-likeness (QED) is 0.620. The third-order valence-corrected chi connectivity index (χ3v) is 9.08. The summed E-state index contributed by atoms with van der Waals surface area (Å²) in [6.45, 7) is 11.0. The second-order valence-corrected chi connectivity index (χ2v) is 11.8. The highest BCUT2D eigenvalue weighted by Gasteiger charge is 2.40. The first-order valence-corrected chi connectivity index (χ1v) is 10.4. The van der Waals surface area contributed by atoms with Gasteiger partial charge in [0.2, 0.25) is 0 Å². The van der Waals surface area contributed by atoms with Crippen molar-refractivity contribution in [1.29, 1.82) is 0 Å². The van der Waals surface area contributed by atoms with Gasteiger partial charge in [0, 0.05) is 12.1 Å². The van der Waals surface area contributed by atoms with Gasteiger partial charge in [-0.15, -0.1) is 11.6 Å². The van der Waals surface area contributed by atoms with Gasteiger partial charge in [-0.05, 0) is 18.1 Å². The molecule has 0 fully saturated rings. The van der Waals surface area contributed by atoms with Crippen LogP contribution in [0.4, 0.5) is 4.79 Å². The summed E-state index contributed by atoms with van der Waals surface area (Å²) in [7, 11) is -2.00. The fourth-order valence-corrected chi connectivity index (χ4v) is 3.06. The lowest BCUT2D eigenvalue weighted by atomic mass is 10.1. The Balaban J connectivity index is 2.87. The summed E-state index contributed by atoms with van der Waals surface area (Å²) < 4.78 is 6.08. The highest BCUT2D eigenvalue weighted by molar-refractivity contribution is 6.74. The molecule has 0 saturated carbocycles. The standard InChI is InChI=1S/C14H24ClNO4Si/c1-14(2,3)21(4,5)20-9-11-10(12(17)8-15)6-7-16(11)13(18)19/h6,11H,7-9H2,1-5H3,(H,18,19)/t11-/m0/s1. The predicted octanol–water partition coefficient (Wildman–Crippen LogP) is 3.10. The molecule has 1 aliphatic heterocycles. The average molecular weight is 334 g/mol. The molecule has 0 spiro atoms. The van der Waals surface area contributed by atoms with Gasteiger partial charge < -0.3 is 9.53 Å². The second-order valence-electron chi connectivity index (χ2n) is 6.74. The molecular formula is C14H24ClNO4Si. The summed E-state index contributed by atoms with van der Waals surface area (Å²) in [5.74, 6) is -0.375. The van der Waals surface area contributed by atoms with Crippen LogP contribution >= 0.6 is 11.6 Å². The number of hydrogen-bond donors (Lipinski definition) is 1. The molecule has 0 aromatic heterocycles. The van der Waals surface area contributed by atoms with Crippen molar-refractivity contribution >= 4 is 31.8 Å². The molecule has 1 heterocycles. The molecule has 1 atom stereocenters. The normalized spacial score (nSPS) is 19.6. The number of Topliss-reactive ketones (excluding diaryl/α,β-unsaturated/α-hetero) is 1. The topological polar surface area (TPSA) is 66.8 Å². The van der Waals surface area contributed by atoms with Crippen LogP contribution in [0.15, 0.2) is 11.6 Å². The Hall–Kier alpha value is -0.853. The smallest absolute Gasteiger partial charge is 0.408 e. The van der Waals surface area contributed by atoms with E-state index >= 15 is 0 Å². The van der Waals surface area contributed by atoms with Crippen LogP contribution in [0.25, 0.3) is 0 Å². The zero-order valence-electron chi connectivity index (χ0n) is 13.3. The van der Waals surface area contributed by atoms with Gasteiger partial charge in [-0.3, -0.25) is 9.69 Å². The number of alkyl halides is 1. The first-order valence-electron chi connectivity index (χ1n) is 6.94. The molecule has 120 valence electrons. The van der Waals surface area contributed by atoms with E-state index in [-0.39, 0.29) is 29.9 Å². The Kier molecular flexibility index (Phi) is 5.63. The number of halogens is 1. The highest BCUT2D eigenvalue weighted by atomic mass is 35.5. The predicted molar refractivity (Wildman–Crippen MR) is 85.5 cm³/mol. The van der Waals surface area contributed by atoms with Crippen molar-refractivity contribution in [1.82, 2.24) is 4.90 Å². The number of hydrogen-bond acceptors (Lipinski definition) is 3. The third-order valence-electron chi connectivity index (χ3n) is 4.34. The summed E-state index contributed by atoms with van der Waals surface area (Å²) in [6, 6.07) is -0.553. The van der Waals surface area contributed by atoms with Gasteiger partial charge in [0.25, 0.3) is 0 Å². The Morgan fingerprint density at radius 2 is 2.05 bits per heavy atom. The van der Waals surface area contributed by atoms with Crippen LogP contribution in [-0.2, 0) is 9.22 Å². The lowest BCUT2D eigenvalue weighted by Gasteiger charge is -2.38. The summed E-state index contributed by atoms with van der Waals surface area (Å²) >= 11 is 5.60. The maximum absolute atomic E-state index is 11.9. The Morgan fingerprint density at radius 3 is 2.48 bits per heavy atom. The van der Waals surface area contributed by atoms with Crippen molar-refractivity contribution in [3.63, 3.8) is 0 Å². The van der Waals surface area contributed by atoms with Crippen molar-refractivity contribution < 1.29 is 19.1 Å². The Labute approximate surface area is 132 Å². The zero-order valence-corrected chi connectivity index (χ0v) is 15.0. The molecule has 0 radical (unpaired) electrons. The van der Waals surface area contributed by atoms with Crippen molar-refractivity contribution in [2.24, 2.45) is 0 Å². The van der Waals surface area contributed by atoms with Crippen LogP contribution in [0.5, 0.6) is 0 Å². The van der Waals surface area contributed by atoms with Crippen LogP contribution in [0, 0.1) is 0 Å². The van der Waals surface area contributed by atoms with E-state index in [0.29, 0.717) is 5.57 Å². The minimum absolute atomic E-state index is 0.0278. The number of amides is 1. The van der Waals surface area contributed by atoms with Crippen LogP contribution < -0.4 is 0 Å². The number of ketones is 1. The lowest BCUT2D eigenvalue weighted by molar-refractivity contribution is -0.113. The molecule has 0 unspecified atom stereocenters. The number of rotatable bonds is 5. The third kappa shape index (κ3) is 4.08. The molecule has 1 amide bonds. The molecule has 5 nitrogen and oxygen atoms in total. The fraction of sp³-hybridized carbons (Fsp3) is 0.714. The summed E-state index contributed by atoms with van der Waals surface area (Å²) in [5, 5.41) is 9.28.